The van der Waals surface area contributed by atoms with Crippen LogP contribution < -0.4 is 5.32 Å². The van der Waals surface area contributed by atoms with Crippen LogP contribution in [0.3, 0.4) is 0 Å². The lowest BCUT2D eigenvalue weighted by atomic mass is 9.84. The number of hydrogen-bond donors (Lipinski definition) is 2. The quantitative estimate of drug-likeness (QED) is 0.667. The molecule has 0 aromatic heterocycles. The van der Waals surface area contributed by atoms with E-state index in [1.165, 1.54) is 22.3 Å². The second-order valence-electron chi connectivity index (χ2n) is 9.97. The number of alkyl carbamates (subject to hydrolysis) is 1. The number of nitrogens with one attached hydrogen (secondary N) is 1. The number of aliphatic carboxylic acids is 1. The molecule has 0 radical (unpaired) electrons. The van der Waals surface area contributed by atoms with E-state index in [1.807, 2.05) is 24.3 Å². The van der Waals surface area contributed by atoms with Crippen LogP contribution in [0.25, 0.3) is 11.1 Å². The highest BCUT2D eigenvalue weighted by molar-refractivity contribution is 5.80. The zero-order valence-corrected chi connectivity index (χ0v) is 19.8. The van der Waals surface area contributed by atoms with Crippen molar-refractivity contribution in [1.29, 1.82) is 0 Å². The van der Waals surface area contributed by atoms with Crippen molar-refractivity contribution in [1.82, 2.24) is 10.2 Å². The highest BCUT2D eigenvalue weighted by Crippen LogP contribution is 2.44. The van der Waals surface area contributed by atoms with Crippen molar-refractivity contribution in [2.75, 3.05) is 19.7 Å². The topological polar surface area (TPSA) is 95.9 Å². The number of fused-ring (bicyclic) bond motifs is 3. The lowest BCUT2D eigenvalue weighted by Gasteiger charge is -2.35. The van der Waals surface area contributed by atoms with Crippen LogP contribution in [-0.4, -0.2) is 53.7 Å². The fraction of sp³-hybridized carbons (Fsp3) is 0.464. The Kier molecular flexibility index (Phi) is 6.75. The summed E-state index contributed by atoms with van der Waals surface area (Å²) in [5, 5.41) is 12.2. The molecule has 2 amide bonds. The first-order valence-corrected chi connectivity index (χ1v) is 12.6. The third kappa shape index (κ3) is 4.90. The van der Waals surface area contributed by atoms with Gasteiger partial charge in [-0.25, -0.2) is 4.79 Å². The molecule has 184 valence electrons. The number of likely N-dealkylation sites (tertiary alicyclic amines) is 1. The summed E-state index contributed by atoms with van der Waals surface area (Å²) in [6, 6.07) is 16.4. The second-order valence-corrected chi connectivity index (χ2v) is 9.97. The molecule has 3 aliphatic rings. The molecule has 2 aliphatic carbocycles. The first kappa shape index (κ1) is 23.4. The molecule has 7 heteroatoms. The van der Waals surface area contributed by atoms with E-state index in [4.69, 9.17) is 4.74 Å². The zero-order valence-electron chi connectivity index (χ0n) is 19.8. The summed E-state index contributed by atoms with van der Waals surface area (Å²) in [5.41, 5.74) is 4.74. The van der Waals surface area contributed by atoms with Gasteiger partial charge in [0.05, 0.1) is 5.92 Å². The summed E-state index contributed by atoms with van der Waals surface area (Å²) in [4.78, 5) is 38.7. The molecular weight excluding hydrogens is 444 g/mol. The maximum absolute atomic E-state index is 13.0. The van der Waals surface area contributed by atoms with Crippen molar-refractivity contribution < 1.29 is 24.2 Å². The molecule has 2 N–H and O–H groups in total. The predicted octanol–water partition coefficient (Wildman–Crippen LogP) is 4.41. The predicted molar refractivity (Wildman–Crippen MR) is 131 cm³/mol. The van der Waals surface area contributed by atoms with Crippen molar-refractivity contribution in [3.8, 4) is 11.1 Å². The number of benzene rings is 2. The number of rotatable bonds is 5. The van der Waals surface area contributed by atoms with E-state index < -0.39 is 12.1 Å². The minimum absolute atomic E-state index is 0.0163. The van der Waals surface area contributed by atoms with Gasteiger partial charge in [0.2, 0.25) is 5.91 Å². The Morgan fingerprint density at radius 2 is 1.51 bits per heavy atom. The molecular formula is C28H32N2O5. The van der Waals surface area contributed by atoms with Crippen LogP contribution in [0.15, 0.2) is 48.5 Å². The minimum atomic E-state index is -0.776. The standard InChI is InChI=1S/C28H32N2O5/c31-26(30-14-12-18(13-15-30)27(32)33)19-6-5-7-20(16-19)29-28(34)35-17-25-23-10-3-1-8-21(23)22-9-2-4-11-24(22)25/h1-4,8-11,18-20,25H,5-7,12-17H2,(H,29,34)(H,32,33)/t19-,20-/m1/s1. The van der Waals surface area contributed by atoms with E-state index in [-0.39, 0.29) is 36.3 Å². The number of amides is 2. The van der Waals surface area contributed by atoms with Gasteiger partial charge in [-0.15, -0.1) is 0 Å². The van der Waals surface area contributed by atoms with E-state index in [2.05, 4.69) is 29.6 Å². The first-order valence-electron chi connectivity index (χ1n) is 12.6. The molecule has 2 fully saturated rings. The van der Waals surface area contributed by atoms with Crippen molar-refractivity contribution in [3.63, 3.8) is 0 Å². The van der Waals surface area contributed by atoms with Crippen molar-refractivity contribution in [3.05, 3.63) is 59.7 Å². The molecule has 1 heterocycles. The fourth-order valence-corrected chi connectivity index (χ4v) is 5.96. The van der Waals surface area contributed by atoms with Crippen LogP contribution >= 0.6 is 0 Å². The molecule has 7 nitrogen and oxygen atoms in total. The summed E-state index contributed by atoms with van der Waals surface area (Å²) >= 11 is 0. The third-order valence-corrected chi connectivity index (χ3v) is 7.84. The number of ether oxygens (including phenoxy) is 1. The molecule has 0 unspecified atom stereocenters. The molecule has 2 aromatic rings. The van der Waals surface area contributed by atoms with Crippen molar-refractivity contribution in [2.24, 2.45) is 11.8 Å². The molecule has 0 spiro atoms. The Morgan fingerprint density at radius 3 is 2.14 bits per heavy atom. The van der Waals surface area contributed by atoms with Gasteiger partial charge in [-0.3, -0.25) is 9.59 Å². The SMILES string of the molecule is O=C(N[C@@H]1CCC[C@@H](C(=O)N2CCC(C(=O)O)CC2)C1)OCC1c2ccccc2-c2ccccc21. The molecule has 35 heavy (non-hydrogen) atoms. The Hall–Kier alpha value is -3.35. The van der Waals surface area contributed by atoms with Crippen molar-refractivity contribution >= 4 is 18.0 Å². The molecule has 2 aromatic carbocycles. The van der Waals surface area contributed by atoms with Gasteiger partial charge < -0.3 is 20.1 Å². The second kappa shape index (κ2) is 10.1. The normalized spacial score (nSPS) is 22.2. The lowest BCUT2D eigenvalue weighted by Crippen LogP contribution is -2.46. The number of carbonyl (C=O) groups excluding carboxylic acids is 2. The van der Waals surface area contributed by atoms with Gasteiger partial charge in [-0.2, -0.15) is 0 Å². The van der Waals surface area contributed by atoms with Crippen LogP contribution in [0.2, 0.25) is 0 Å². The molecule has 5 rings (SSSR count). The summed E-state index contributed by atoms with van der Waals surface area (Å²) in [5.74, 6) is -1.16. The average Bonchev–Trinajstić information content (AvgIpc) is 3.21. The zero-order chi connectivity index (χ0) is 24.4. The fourth-order valence-electron chi connectivity index (χ4n) is 5.96. The van der Waals surface area contributed by atoms with Gasteiger partial charge >= 0.3 is 12.1 Å². The van der Waals surface area contributed by atoms with Crippen LogP contribution in [0.5, 0.6) is 0 Å². The number of carboxylic acids is 1. The molecule has 1 saturated heterocycles. The smallest absolute Gasteiger partial charge is 0.407 e. The Labute approximate surface area is 205 Å². The number of piperidine rings is 1. The summed E-state index contributed by atoms with van der Waals surface area (Å²) in [6.07, 6.45) is 3.69. The minimum Gasteiger partial charge on any atom is -0.481 e. The highest BCUT2D eigenvalue weighted by atomic mass is 16.5. The van der Waals surface area contributed by atoms with E-state index in [9.17, 15) is 19.5 Å². The van der Waals surface area contributed by atoms with Crippen LogP contribution in [-0.2, 0) is 14.3 Å². The maximum atomic E-state index is 13.0. The van der Waals surface area contributed by atoms with Crippen molar-refractivity contribution in [2.45, 2.75) is 50.5 Å². The van der Waals surface area contributed by atoms with E-state index >= 15 is 0 Å². The largest absolute Gasteiger partial charge is 0.481 e. The monoisotopic (exact) mass is 476 g/mol. The van der Waals surface area contributed by atoms with E-state index in [0.717, 1.165) is 19.3 Å². The van der Waals surface area contributed by atoms with Gasteiger partial charge in [-0.1, -0.05) is 55.0 Å². The van der Waals surface area contributed by atoms with Crippen LogP contribution in [0, 0.1) is 11.8 Å². The summed E-state index contributed by atoms with van der Waals surface area (Å²) < 4.78 is 5.69. The molecule has 1 aliphatic heterocycles. The van der Waals surface area contributed by atoms with Crippen LogP contribution in [0.1, 0.15) is 55.6 Å². The van der Waals surface area contributed by atoms with Gasteiger partial charge in [0.15, 0.2) is 0 Å². The van der Waals surface area contributed by atoms with Gasteiger partial charge in [0.1, 0.15) is 6.61 Å². The number of nitrogens with zero attached hydrogens (tertiary/aromatic N) is 1. The van der Waals surface area contributed by atoms with Gasteiger partial charge in [-0.05, 0) is 54.4 Å². The van der Waals surface area contributed by atoms with Gasteiger partial charge in [0, 0.05) is 31.0 Å². The number of carbonyl (C=O) groups is 3. The third-order valence-electron chi connectivity index (χ3n) is 7.84. The Balaban J connectivity index is 1.14. The van der Waals surface area contributed by atoms with Crippen LogP contribution in [0.4, 0.5) is 4.79 Å². The summed E-state index contributed by atoms with van der Waals surface area (Å²) in [7, 11) is 0. The number of hydrogen-bond acceptors (Lipinski definition) is 4. The maximum Gasteiger partial charge on any atom is 0.407 e. The highest BCUT2D eigenvalue weighted by Gasteiger charge is 2.34. The molecule has 0 bridgehead atoms. The van der Waals surface area contributed by atoms with Gasteiger partial charge in [0.25, 0.3) is 0 Å². The Bertz CT molecular complexity index is 1060. The molecule has 1 saturated carbocycles. The van der Waals surface area contributed by atoms with E-state index in [1.54, 1.807) is 4.90 Å². The molecule has 2 atom stereocenters. The first-order chi connectivity index (χ1) is 17.0. The Morgan fingerprint density at radius 1 is 0.886 bits per heavy atom. The number of carboxylic acid groups (broad SMARTS) is 1. The average molecular weight is 477 g/mol. The summed E-state index contributed by atoms with van der Waals surface area (Å²) in [6.45, 7) is 1.26. The lowest BCUT2D eigenvalue weighted by molar-refractivity contribution is -0.147. The van der Waals surface area contributed by atoms with E-state index in [0.29, 0.717) is 32.4 Å².